The van der Waals surface area contributed by atoms with Crippen molar-refractivity contribution in [3.8, 4) is 34.6 Å². The summed E-state index contributed by atoms with van der Waals surface area (Å²) >= 11 is 0. The highest BCUT2D eigenvalue weighted by Gasteiger charge is 2.33. The van der Waals surface area contributed by atoms with Crippen molar-refractivity contribution >= 4 is 28.1 Å². The fourth-order valence-corrected chi connectivity index (χ4v) is 5.57. The number of aromatic nitrogens is 5. The third kappa shape index (κ3) is 5.65. The first kappa shape index (κ1) is 28.2. The molecule has 1 amide bonds. The third-order valence-electron chi connectivity index (χ3n) is 6.99. The summed E-state index contributed by atoms with van der Waals surface area (Å²) in [7, 11) is 1.83. The number of carbonyl (C=O) groups is 1. The number of pyridine rings is 1. The van der Waals surface area contributed by atoms with Crippen molar-refractivity contribution in [3.05, 3.63) is 48.3 Å². The highest BCUT2D eigenvalue weighted by atomic mass is 32.2. The number of amides is 1. The summed E-state index contributed by atoms with van der Waals surface area (Å²) < 4.78 is 45.1. The number of nitrogens with one attached hydrogen (secondary N) is 1. The molecule has 2 atom stereocenters. The van der Waals surface area contributed by atoms with Gasteiger partial charge >= 0.3 is 0 Å². The monoisotopic (exact) mass is 581 g/mol. The number of benzene rings is 1. The molecule has 0 saturated carbocycles. The Morgan fingerprint density at radius 3 is 2.46 bits per heavy atom. The minimum atomic E-state index is -2.99. The molecule has 13 nitrogen and oxygen atoms in total. The van der Waals surface area contributed by atoms with Gasteiger partial charge in [0.1, 0.15) is 22.9 Å². The van der Waals surface area contributed by atoms with E-state index in [1.807, 2.05) is 13.0 Å². The Kier molecular flexibility index (Phi) is 8.31. The summed E-state index contributed by atoms with van der Waals surface area (Å²) in [6.45, 7) is 2.82. The highest BCUT2D eigenvalue weighted by Crippen LogP contribution is 2.38. The van der Waals surface area contributed by atoms with E-state index in [-0.39, 0.29) is 18.2 Å². The molecule has 41 heavy (non-hydrogen) atoms. The first-order chi connectivity index (χ1) is 19.8. The predicted molar refractivity (Wildman–Crippen MR) is 151 cm³/mol. The van der Waals surface area contributed by atoms with E-state index in [1.54, 1.807) is 61.1 Å². The van der Waals surface area contributed by atoms with Crippen LogP contribution in [0.2, 0.25) is 0 Å². The number of nitrogens with zero attached hydrogens (tertiary/aromatic N) is 6. The van der Waals surface area contributed by atoms with Crippen LogP contribution in [0.15, 0.2) is 42.6 Å². The average Bonchev–Trinajstić information content (AvgIpc) is 3.35. The lowest BCUT2D eigenvalue weighted by molar-refractivity contribution is -0.133. The number of thiol groups is 1. The van der Waals surface area contributed by atoms with Gasteiger partial charge < -0.3 is 19.1 Å². The Labute approximate surface area is 238 Å². The topological polar surface area (TPSA) is 151 Å². The van der Waals surface area contributed by atoms with Gasteiger partial charge in [-0.3, -0.25) is 9.36 Å². The molecule has 0 radical (unpaired) electrons. The predicted octanol–water partition coefficient (Wildman–Crippen LogP) is 2.32. The number of imidazole rings is 1. The molecule has 1 saturated heterocycles. The van der Waals surface area contributed by atoms with Crippen molar-refractivity contribution in [1.29, 1.82) is 0 Å². The zero-order valence-corrected chi connectivity index (χ0v) is 24.0. The Bertz CT molecular complexity index is 1630. The fraction of sp³-hybridized carbons (Fsp3) is 0.370. The van der Waals surface area contributed by atoms with Crippen LogP contribution in [0.4, 0.5) is 0 Å². The van der Waals surface area contributed by atoms with Gasteiger partial charge in [0, 0.05) is 26.1 Å². The van der Waals surface area contributed by atoms with E-state index in [9.17, 15) is 13.2 Å². The Morgan fingerprint density at radius 2 is 1.80 bits per heavy atom. The molecule has 1 aliphatic heterocycles. The van der Waals surface area contributed by atoms with Crippen LogP contribution in [0.5, 0.6) is 17.4 Å². The average molecular weight is 582 g/mol. The van der Waals surface area contributed by atoms with Crippen LogP contribution in [-0.2, 0) is 15.7 Å². The molecule has 216 valence electrons. The first-order valence-corrected chi connectivity index (χ1v) is 14.2. The Hall–Kier alpha value is -4.30. The summed E-state index contributed by atoms with van der Waals surface area (Å²) in [6.07, 6.45) is 2.27. The maximum Gasteiger partial charge on any atom is 0.222 e. The lowest BCUT2D eigenvalue weighted by atomic mass is 9.88. The molecule has 1 aliphatic rings. The second-order valence-electron chi connectivity index (χ2n) is 9.45. The number of rotatable bonds is 10. The number of fused-ring (bicyclic) bond motifs is 1. The number of hydrogen-bond acceptors (Lipinski definition) is 10. The number of piperidine rings is 1. The van der Waals surface area contributed by atoms with Crippen molar-refractivity contribution < 1.29 is 27.4 Å². The number of hydrogen-bond donors (Lipinski definition) is 2. The molecule has 4 heterocycles. The van der Waals surface area contributed by atoms with Crippen molar-refractivity contribution in [2.75, 3.05) is 34.4 Å². The Morgan fingerprint density at radius 1 is 1.07 bits per heavy atom. The van der Waals surface area contributed by atoms with Crippen molar-refractivity contribution in [2.24, 2.45) is 5.92 Å². The molecule has 3 aromatic heterocycles. The molecule has 4 aromatic rings. The van der Waals surface area contributed by atoms with Crippen LogP contribution in [0.1, 0.15) is 31.5 Å². The number of para-hydroxylation sites is 1. The smallest absolute Gasteiger partial charge is 0.222 e. The van der Waals surface area contributed by atoms with E-state index in [1.165, 1.54) is 6.20 Å². The molecule has 1 fully saturated rings. The second kappa shape index (κ2) is 12.1. The van der Waals surface area contributed by atoms with Gasteiger partial charge in [0.2, 0.25) is 22.7 Å². The molecule has 14 heteroatoms. The molecular weight excluding hydrogens is 550 g/mol. The minimum Gasteiger partial charge on any atom is -0.494 e. The normalized spacial score (nSPS) is 16.3. The molecule has 1 aromatic carbocycles. The maximum absolute atomic E-state index is 12.5. The molecule has 0 aliphatic carbocycles. The third-order valence-corrected chi connectivity index (χ3v) is 7.48. The maximum atomic E-state index is 12.5. The molecule has 5 rings (SSSR count). The largest absolute Gasteiger partial charge is 0.494 e. The van der Waals surface area contributed by atoms with E-state index < -0.39 is 16.9 Å². The summed E-state index contributed by atoms with van der Waals surface area (Å²) in [5.74, 6) is 1.42. The van der Waals surface area contributed by atoms with Crippen LogP contribution in [0.3, 0.4) is 0 Å². The zero-order chi connectivity index (χ0) is 29.1. The summed E-state index contributed by atoms with van der Waals surface area (Å²) in [5, 5.41) is 0. The fourth-order valence-electron chi connectivity index (χ4n) is 5.00. The number of carbonyl (C=O) groups excluding carboxylic acids is 1. The quantitative estimate of drug-likeness (QED) is 0.267. The van der Waals surface area contributed by atoms with Gasteiger partial charge in [-0.05, 0) is 37.5 Å². The lowest BCUT2D eigenvalue weighted by Crippen LogP contribution is -2.40. The minimum absolute atomic E-state index is 0.0606. The molecule has 0 spiro atoms. The van der Waals surface area contributed by atoms with Gasteiger partial charge in [-0.15, -0.1) is 0 Å². The molecule has 0 bridgehead atoms. The lowest BCUT2D eigenvalue weighted by Gasteiger charge is -2.33. The zero-order valence-electron chi connectivity index (χ0n) is 23.1. The number of ether oxygens (including phenoxy) is 3. The van der Waals surface area contributed by atoms with Crippen LogP contribution in [0.25, 0.3) is 28.5 Å². The Balaban J connectivity index is 1.75. The second-order valence-corrected chi connectivity index (χ2v) is 10.2. The molecule has 1 N–H and O–H groups in total. The van der Waals surface area contributed by atoms with Gasteiger partial charge in [0.05, 0.1) is 38.8 Å². The van der Waals surface area contributed by atoms with E-state index in [0.29, 0.717) is 71.1 Å². The van der Waals surface area contributed by atoms with Crippen LogP contribution in [0, 0.1) is 5.92 Å². The van der Waals surface area contributed by atoms with Gasteiger partial charge in [0.15, 0.2) is 17.1 Å². The summed E-state index contributed by atoms with van der Waals surface area (Å²) in [6, 6.07) is 9.95. The summed E-state index contributed by atoms with van der Waals surface area (Å²) in [4.78, 5) is 33.0. The van der Waals surface area contributed by atoms with Gasteiger partial charge in [-0.25, -0.2) is 33.1 Å². The van der Waals surface area contributed by atoms with E-state index in [2.05, 4.69) is 14.7 Å². The standard InChI is InChI=1S/C27H31N7O6S/c1-5-40-21-11-6-8-17(29-21)26-31-25-27(34(26)24-19(38-3)9-7-10-20(24)39-4)30-18(15-28-25)23(32-41(36)37)16-12-13-33(2)22(35)14-16/h6-11,15-16,23,41H,5,12-14H2,1-4H3,(H,32,36,37)/t16-,23-/m1/s1. The summed E-state index contributed by atoms with van der Waals surface area (Å²) in [5.41, 5.74) is 1.99. The van der Waals surface area contributed by atoms with Crippen molar-refractivity contribution in [2.45, 2.75) is 25.8 Å². The van der Waals surface area contributed by atoms with Gasteiger partial charge in [0.25, 0.3) is 0 Å². The van der Waals surface area contributed by atoms with Gasteiger partial charge in [-0.1, -0.05) is 12.1 Å². The van der Waals surface area contributed by atoms with Crippen molar-refractivity contribution in [1.82, 2.24) is 34.1 Å². The van der Waals surface area contributed by atoms with Gasteiger partial charge in [-0.2, -0.15) is 0 Å². The van der Waals surface area contributed by atoms with E-state index >= 15 is 0 Å². The SMILES string of the molecule is CCOc1cccc(-c2nc3ncc([C@H](N[SH](=O)=O)[C@@H]4CCN(C)C(=O)C4)nc3n2-c2c(OC)cccc2OC)n1. The van der Waals surface area contributed by atoms with E-state index in [4.69, 9.17) is 24.2 Å². The molecular formula is C27H31N7O6S. The number of likely N-dealkylation sites (tertiary alicyclic amines) is 1. The molecule has 0 unspecified atom stereocenters. The number of methoxy groups -OCH3 is 2. The first-order valence-electron chi connectivity index (χ1n) is 13.1. The van der Waals surface area contributed by atoms with Crippen molar-refractivity contribution in [3.63, 3.8) is 0 Å². The van der Waals surface area contributed by atoms with Crippen LogP contribution in [-0.4, -0.2) is 78.1 Å². The van der Waals surface area contributed by atoms with Crippen LogP contribution < -0.4 is 18.9 Å². The highest BCUT2D eigenvalue weighted by molar-refractivity contribution is 7.70. The van der Waals surface area contributed by atoms with E-state index in [0.717, 1.165) is 0 Å². The van der Waals surface area contributed by atoms with Crippen LogP contribution >= 0.6 is 0 Å².